The molecule has 0 radical (unpaired) electrons. The molecular weight excluding hydrogens is 348 g/mol. The Bertz CT molecular complexity index is 596. The predicted molar refractivity (Wildman–Crippen MR) is 103 cm³/mol. The molecule has 1 aromatic carbocycles. The van der Waals surface area contributed by atoms with Crippen LogP contribution in [0.2, 0.25) is 0 Å². The Balaban J connectivity index is 1.67. The van der Waals surface area contributed by atoms with Crippen molar-refractivity contribution in [1.29, 1.82) is 0 Å². The number of piperazine rings is 1. The lowest BCUT2D eigenvalue weighted by molar-refractivity contribution is -0.135. The number of rotatable bonds is 9. The number of nitrogens with one attached hydrogen (secondary N) is 1. The van der Waals surface area contributed by atoms with E-state index in [0.29, 0.717) is 38.2 Å². The molecule has 0 aliphatic carbocycles. The van der Waals surface area contributed by atoms with Crippen molar-refractivity contribution in [2.75, 3.05) is 60.0 Å². The average Bonchev–Trinajstić information content (AvgIpc) is 2.72. The Hall–Kier alpha value is -2.16. The summed E-state index contributed by atoms with van der Waals surface area (Å²) >= 11 is 0. The number of hydrogen-bond donors (Lipinski definition) is 2. The highest BCUT2D eigenvalue weighted by Crippen LogP contribution is 2.11. The molecule has 8 heteroatoms. The number of hydrogen-bond acceptors (Lipinski definition) is 6. The van der Waals surface area contributed by atoms with E-state index < -0.39 is 0 Å². The van der Waals surface area contributed by atoms with E-state index in [1.807, 2.05) is 4.90 Å². The summed E-state index contributed by atoms with van der Waals surface area (Å²) in [5.74, 6) is 0.709. The summed E-state index contributed by atoms with van der Waals surface area (Å²) in [7, 11) is 3.17. The Morgan fingerprint density at radius 3 is 2.37 bits per heavy atom. The molecule has 0 aromatic heterocycles. The van der Waals surface area contributed by atoms with Crippen LogP contribution in [0.25, 0.3) is 0 Å². The van der Waals surface area contributed by atoms with Gasteiger partial charge in [0, 0.05) is 58.5 Å². The third kappa shape index (κ3) is 6.50. The lowest BCUT2D eigenvalue weighted by atomic mass is 10.2. The maximum atomic E-state index is 12.2. The summed E-state index contributed by atoms with van der Waals surface area (Å²) in [6.07, 6.45) is 0.106. The second-order valence-corrected chi connectivity index (χ2v) is 6.50. The Kier molecular flexibility index (Phi) is 8.50. The van der Waals surface area contributed by atoms with Crippen LogP contribution in [0.5, 0.6) is 5.75 Å². The molecule has 1 atom stereocenters. The van der Waals surface area contributed by atoms with Crippen molar-refractivity contribution >= 4 is 11.8 Å². The molecule has 1 aliphatic heterocycles. The summed E-state index contributed by atoms with van der Waals surface area (Å²) in [4.78, 5) is 28.5. The third-order valence-electron chi connectivity index (χ3n) is 4.79. The maximum Gasteiger partial charge on any atom is 0.251 e. The number of carbonyl (C=O) groups excluding carboxylic acids is 2. The Labute approximate surface area is 160 Å². The van der Waals surface area contributed by atoms with Gasteiger partial charge >= 0.3 is 0 Å². The topological polar surface area (TPSA) is 97.1 Å². The van der Waals surface area contributed by atoms with Gasteiger partial charge in [-0.2, -0.15) is 0 Å². The molecule has 1 fully saturated rings. The van der Waals surface area contributed by atoms with E-state index in [1.54, 1.807) is 38.5 Å². The second-order valence-electron chi connectivity index (χ2n) is 6.50. The number of nitrogens with zero attached hydrogens (tertiary/aromatic N) is 2. The van der Waals surface area contributed by atoms with Crippen molar-refractivity contribution in [2.45, 2.75) is 12.5 Å². The average molecular weight is 378 g/mol. The van der Waals surface area contributed by atoms with Gasteiger partial charge in [-0.1, -0.05) is 0 Å². The lowest BCUT2D eigenvalue weighted by Gasteiger charge is -2.35. The van der Waals surface area contributed by atoms with E-state index in [9.17, 15) is 9.59 Å². The molecular formula is C19H30N4O4. The number of nitrogens with two attached hydrogens (primary N) is 1. The van der Waals surface area contributed by atoms with Crippen molar-refractivity contribution in [1.82, 2.24) is 15.1 Å². The van der Waals surface area contributed by atoms with Crippen LogP contribution in [0.4, 0.5) is 0 Å². The molecule has 27 heavy (non-hydrogen) atoms. The highest BCUT2D eigenvalue weighted by Gasteiger charge is 2.23. The van der Waals surface area contributed by atoms with Gasteiger partial charge < -0.3 is 25.4 Å². The molecule has 0 bridgehead atoms. The Morgan fingerprint density at radius 2 is 1.81 bits per heavy atom. The summed E-state index contributed by atoms with van der Waals surface area (Å²) in [5, 5.41) is 2.93. The standard InChI is InChI=1S/C19H30N4O4/c1-26-16-5-3-15(4-6-16)19(25)21-7-8-22-9-11-23(12-10-22)18(24)13-17(14-20)27-2/h3-6,17H,7-14,20H2,1-2H3,(H,21,25). The van der Waals surface area contributed by atoms with E-state index >= 15 is 0 Å². The predicted octanol–water partition coefficient (Wildman–Crippen LogP) is -0.0670. The van der Waals surface area contributed by atoms with E-state index in [4.69, 9.17) is 15.2 Å². The number of carbonyl (C=O) groups is 2. The number of methoxy groups -OCH3 is 2. The molecule has 8 nitrogen and oxygen atoms in total. The van der Waals surface area contributed by atoms with Crippen molar-refractivity contribution in [2.24, 2.45) is 5.73 Å². The van der Waals surface area contributed by atoms with E-state index in [2.05, 4.69) is 10.2 Å². The van der Waals surface area contributed by atoms with Crippen molar-refractivity contribution in [3.05, 3.63) is 29.8 Å². The summed E-state index contributed by atoms with van der Waals surface area (Å²) in [6.45, 7) is 4.63. The Morgan fingerprint density at radius 1 is 1.15 bits per heavy atom. The van der Waals surface area contributed by atoms with Crippen LogP contribution >= 0.6 is 0 Å². The first-order valence-corrected chi connectivity index (χ1v) is 9.22. The first kappa shape index (κ1) is 21.1. The lowest BCUT2D eigenvalue weighted by Crippen LogP contribution is -2.51. The van der Waals surface area contributed by atoms with Gasteiger partial charge in [-0.15, -0.1) is 0 Å². The molecule has 1 aromatic rings. The van der Waals surface area contributed by atoms with Gasteiger partial charge in [0.15, 0.2) is 0 Å². The molecule has 3 N–H and O–H groups in total. The van der Waals surface area contributed by atoms with Gasteiger partial charge in [0.1, 0.15) is 5.75 Å². The molecule has 0 saturated carbocycles. The minimum absolute atomic E-state index is 0.0831. The van der Waals surface area contributed by atoms with Gasteiger partial charge in [0.2, 0.25) is 5.91 Å². The number of benzene rings is 1. The fourth-order valence-corrected chi connectivity index (χ4v) is 2.98. The molecule has 0 spiro atoms. The van der Waals surface area contributed by atoms with Crippen molar-refractivity contribution in [3.63, 3.8) is 0 Å². The van der Waals surface area contributed by atoms with Crippen LogP contribution in [0.15, 0.2) is 24.3 Å². The quantitative estimate of drug-likeness (QED) is 0.625. The van der Waals surface area contributed by atoms with Gasteiger partial charge in [0.25, 0.3) is 5.91 Å². The zero-order valence-corrected chi connectivity index (χ0v) is 16.1. The molecule has 1 unspecified atom stereocenters. The van der Waals surface area contributed by atoms with Gasteiger partial charge in [0.05, 0.1) is 19.6 Å². The molecule has 1 aliphatic rings. The monoisotopic (exact) mass is 378 g/mol. The maximum absolute atomic E-state index is 12.2. The largest absolute Gasteiger partial charge is 0.497 e. The van der Waals surface area contributed by atoms with E-state index in [-0.39, 0.29) is 17.9 Å². The zero-order valence-electron chi connectivity index (χ0n) is 16.1. The third-order valence-corrected chi connectivity index (χ3v) is 4.79. The normalized spacial score (nSPS) is 16.0. The van der Waals surface area contributed by atoms with Gasteiger partial charge in [-0.3, -0.25) is 14.5 Å². The van der Waals surface area contributed by atoms with E-state index in [0.717, 1.165) is 25.4 Å². The van der Waals surface area contributed by atoms with Crippen LogP contribution in [-0.2, 0) is 9.53 Å². The van der Waals surface area contributed by atoms with Crippen molar-refractivity contribution in [3.8, 4) is 5.75 Å². The second kappa shape index (κ2) is 10.9. The summed E-state index contributed by atoms with van der Waals surface area (Å²) in [6, 6.07) is 7.02. The fraction of sp³-hybridized carbons (Fsp3) is 0.579. The van der Waals surface area contributed by atoms with Crippen molar-refractivity contribution < 1.29 is 19.1 Å². The summed E-state index contributed by atoms with van der Waals surface area (Å²) < 4.78 is 10.3. The molecule has 150 valence electrons. The highest BCUT2D eigenvalue weighted by atomic mass is 16.5. The zero-order chi connectivity index (χ0) is 19.6. The SMILES string of the molecule is COc1ccc(C(=O)NCCN2CCN(C(=O)CC(CN)OC)CC2)cc1. The molecule has 1 heterocycles. The molecule has 2 rings (SSSR count). The minimum Gasteiger partial charge on any atom is -0.497 e. The first-order chi connectivity index (χ1) is 13.1. The van der Waals surface area contributed by atoms with Gasteiger partial charge in [-0.05, 0) is 24.3 Å². The van der Waals surface area contributed by atoms with E-state index in [1.165, 1.54) is 0 Å². The van der Waals surface area contributed by atoms with Crippen LogP contribution in [-0.4, -0.2) is 87.8 Å². The number of amides is 2. The first-order valence-electron chi connectivity index (χ1n) is 9.22. The van der Waals surface area contributed by atoms with Crippen LogP contribution < -0.4 is 15.8 Å². The highest BCUT2D eigenvalue weighted by molar-refractivity contribution is 5.94. The number of ether oxygens (including phenoxy) is 2. The minimum atomic E-state index is -0.219. The smallest absolute Gasteiger partial charge is 0.251 e. The fourth-order valence-electron chi connectivity index (χ4n) is 2.98. The summed E-state index contributed by atoms with van der Waals surface area (Å²) in [5.41, 5.74) is 6.18. The van der Waals surface area contributed by atoms with Crippen LogP contribution in [0.1, 0.15) is 16.8 Å². The molecule has 1 saturated heterocycles. The van der Waals surface area contributed by atoms with Crippen LogP contribution in [0.3, 0.4) is 0 Å². The van der Waals surface area contributed by atoms with Gasteiger partial charge in [-0.25, -0.2) is 0 Å². The van der Waals surface area contributed by atoms with Crippen LogP contribution in [0, 0.1) is 0 Å². The molecule has 2 amide bonds.